The van der Waals surface area contributed by atoms with Crippen LogP contribution in [0.2, 0.25) is 0 Å². The van der Waals surface area contributed by atoms with Crippen molar-refractivity contribution in [2.24, 2.45) is 23.5 Å². The maximum absolute atomic E-state index is 12.6. The molecule has 2 aliphatic rings. The van der Waals surface area contributed by atoms with E-state index >= 15 is 0 Å². The minimum Gasteiger partial charge on any atom is -0.389 e. The van der Waals surface area contributed by atoms with Gasteiger partial charge in [-0.3, -0.25) is 4.79 Å². The third-order valence-corrected chi connectivity index (χ3v) is 7.77. The average molecular weight is 457 g/mol. The molecule has 2 heterocycles. The zero-order chi connectivity index (χ0) is 23.7. The Bertz CT molecular complexity index is 548. The van der Waals surface area contributed by atoms with E-state index in [9.17, 15) is 15.0 Å². The molecule has 0 unspecified atom stereocenters. The van der Waals surface area contributed by atoms with Crippen LogP contribution in [-0.2, 0) is 14.3 Å². The normalized spacial score (nSPS) is 41.0. The molecule has 0 aromatic carbocycles. The lowest BCUT2D eigenvalue weighted by atomic mass is 9.85. The first kappa shape index (κ1) is 27.5. The number of nitrogens with two attached hydrogens (primary N) is 1. The van der Waals surface area contributed by atoms with Gasteiger partial charge in [0.15, 0.2) is 6.29 Å². The largest absolute Gasteiger partial charge is 0.389 e. The van der Waals surface area contributed by atoms with E-state index in [-0.39, 0.29) is 17.9 Å². The van der Waals surface area contributed by atoms with E-state index in [0.717, 1.165) is 64.2 Å². The number of hydrogen-bond acceptors (Lipinski definition) is 6. The van der Waals surface area contributed by atoms with Crippen molar-refractivity contribution in [1.82, 2.24) is 5.32 Å². The van der Waals surface area contributed by atoms with Gasteiger partial charge in [-0.05, 0) is 57.3 Å². The topological polar surface area (TPSA) is 114 Å². The highest BCUT2D eigenvalue weighted by molar-refractivity contribution is 5.78. The van der Waals surface area contributed by atoms with Crippen molar-refractivity contribution in [2.45, 2.75) is 129 Å². The minimum atomic E-state index is -1.06. The van der Waals surface area contributed by atoms with Crippen LogP contribution in [0.4, 0.5) is 0 Å². The Morgan fingerprint density at radius 2 is 1.75 bits per heavy atom. The minimum absolute atomic E-state index is 0.0506. The summed E-state index contributed by atoms with van der Waals surface area (Å²) in [4.78, 5) is 12.6. The monoisotopic (exact) mass is 456 g/mol. The summed E-state index contributed by atoms with van der Waals surface area (Å²) in [7, 11) is 0. The number of amides is 1. The lowest BCUT2D eigenvalue weighted by Crippen LogP contribution is -2.61. The number of hydrogen-bond donors (Lipinski definition) is 4. The van der Waals surface area contributed by atoms with Gasteiger partial charge in [-0.15, -0.1) is 0 Å². The Kier molecular flexibility index (Phi) is 11.9. The molecule has 2 saturated heterocycles. The first-order valence-electron chi connectivity index (χ1n) is 13.0. The van der Waals surface area contributed by atoms with Crippen LogP contribution in [0.25, 0.3) is 0 Å². The summed E-state index contributed by atoms with van der Waals surface area (Å²) in [6, 6.07) is -0.785. The van der Waals surface area contributed by atoms with Gasteiger partial charge in [0, 0.05) is 12.5 Å². The van der Waals surface area contributed by atoms with Crippen LogP contribution < -0.4 is 11.1 Å². The van der Waals surface area contributed by atoms with Crippen LogP contribution in [0.3, 0.4) is 0 Å². The molecule has 0 spiro atoms. The highest BCUT2D eigenvalue weighted by Gasteiger charge is 2.42. The molecule has 0 bridgehead atoms. The number of aliphatic hydroxyl groups excluding tert-OH is 2. The number of rotatable bonds is 5. The third-order valence-electron chi connectivity index (χ3n) is 7.77. The van der Waals surface area contributed by atoms with Crippen LogP contribution in [0.5, 0.6) is 0 Å². The predicted molar refractivity (Wildman–Crippen MR) is 126 cm³/mol. The molecule has 188 valence electrons. The second-order valence-electron chi connectivity index (χ2n) is 9.93. The van der Waals surface area contributed by atoms with Crippen LogP contribution in [-0.4, -0.2) is 59.4 Å². The molecular formula is C25H48N2O5. The van der Waals surface area contributed by atoms with Crippen LogP contribution in [0.15, 0.2) is 0 Å². The molecule has 2 rings (SSSR count). The van der Waals surface area contributed by atoms with Crippen LogP contribution in [0.1, 0.15) is 91.9 Å². The second kappa shape index (κ2) is 13.9. The van der Waals surface area contributed by atoms with Crippen molar-refractivity contribution >= 4 is 5.91 Å². The smallest absolute Gasteiger partial charge is 0.223 e. The molecule has 0 radical (unpaired) electrons. The first-order valence-corrected chi connectivity index (χ1v) is 13.0. The fraction of sp³-hybridized carbons (Fsp3) is 0.960. The molecule has 2 fully saturated rings. The Morgan fingerprint density at radius 3 is 2.41 bits per heavy atom. The molecule has 0 aromatic rings. The maximum atomic E-state index is 12.6. The summed E-state index contributed by atoms with van der Waals surface area (Å²) >= 11 is 0. The van der Waals surface area contributed by atoms with Crippen molar-refractivity contribution in [3.8, 4) is 0 Å². The summed E-state index contributed by atoms with van der Waals surface area (Å²) in [6.45, 7) is 8.96. The van der Waals surface area contributed by atoms with Gasteiger partial charge in [0.1, 0.15) is 6.10 Å². The second-order valence-corrected chi connectivity index (χ2v) is 9.93. The zero-order valence-electron chi connectivity index (χ0n) is 20.7. The van der Waals surface area contributed by atoms with E-state index in [4.69, 9.17) is 15.2 Å². The van der Waals surface area contributed by atoms with Crippen molar-refractivity contribution in [1.29, 1.82) is 0 Å². The summed E-state index contributed by atoms with van der Waals surface area (Å²) in [5.74, 6) is 1.23. The van der Waals surface area contributed by atoms with Gasteiger partial charge >= 0.3 is 0 Å². The molecule has 2 aliphatic heterocycles. The molecular weight excluding hydrogens is 408 g/mol. The number of aliphatic hydroxyl groups is 2. The highest BCUT2D eigenvalue weighted by Crippen LogP contribution is 2.31. The third kappa shape index (κ3) is 7.66. The molecule has 32 heavy (non-hydrogen) atoms. The Hall–Kier alpha value is -0.730. The highest BCUT2D eigenvalue weighted by atomic mass is 16.7. The van der Waals surface area contributed by atoms with Crippen LogP contribution in [0, 0.1) is 17.8 Å². The summed E-state index contributed by atoms with van der Waals surface area (Å²) in [5.41, 5.74) is 6.03. The van der Waals surface area contributed by atoms with E-state index in [0.29, 0.717) is 18.4 Å². The maximum Gasteiger partial charge on any atom is 0.223 e. The fourth-order valence-corrected chi connectivity index (χ4v) is 5.27. The first-order chi connectivity index (χ1) is 15.3. The lowest BCUT2D eigenvalue weighted by molar-refractivity contribution is -0.286. The summed E-state index contributed by atoms with van der Waals surface area (Å²) < 4.78 is 12.2. The quantitative estimate of drug-likeness (QED) is 0.505. The standard InChI is InChI=1S/C25H48N2O5/c1-5-17-10-8-11-19(7-3)24(30)27-15-9-12-18(6-2)20(14-13-17)32-25-23(29)21(26)22(28)16(4)31-25/h16-23,25,28-29H,5-15,26H2,1-4H3,(H,27,30)/t16-,17-,18+,19+,20+,21+,22+,23+,25-/m0/s1. The van der Waals surface area contributed by atoms with E-state index in [1.54, 1.807) is 6.92 Å². The van der Waals surface area contributed by atoms with Gasteiger partial charge in [-0.25, -0.2) is 0 Å². The molecule has 7 heteroatoms. The van der Waals surface area contributed by atoms with E-state index < -0.39 is 30.6 Å². The molecule has 0 aliphatic carbocycles. The SMILES string of the molecule is CC[C@H]1CCC[C@@H](CC)C(=O)NCCC[C@@H](CC)[C@H](O[C@@H]2O[C@@H](C)[C@@H](O)[C@@H](N)[C@H]2O)CC1. The van der Waals surface area contributed by atoms with Gasteiger partial charge in [-0.2, -0.15) is 0 Å². The molecule has 1 amide bonds. The van der Waals surface area contributed by atoms with Crippen molar-refractivity contribution in [2.75, 3.05) is 6.54 Å². The van der Waals surface area contributed by atoms with Gasteiger partial charge in [0.2, 0.25) is 5.91 Å². The fourth-order valence-electron chi connectivity index (χ4n) is 5.27. The molecule has 9 atom stereocenters. The molecule has 0 aromatic heterocycles. The van der Waals surface area contributed by atoms with E-state index in [1.807, 2.05) is 0 Å². The molecule has 7 nitrogen and oxygen atoms in total. The van der Waals surface area contributed by atoms with Gasteiger partial charge in [-0.1, -0.05) is 46.5 Å². The Balaban J connectivity index is 2.11. The number of carbonyl (C=O) groups is 1. The Morgan fingerprint density at radius 1 is 1.00 bits per heavy atom. The van der Waals surface area contributed by atoms with Crippen molar-refractivity contribution < 1.29 is 24.5 Å². The average Bonchev–Trinajstić information content (AvgIpc) is 2.79. The van der Waals surface area contributed by atoms with Crippen LogP contribution >= 0.6 is 0 Å². The van der Waals surface area contributed by atoms with Crippen molar-refractivity contribution in [3.05, 3.63) is 0 Å². The molecule has 5 N–H and O–H groups in total. The summed E-state index contributed by atoms with van der Waals surface area (Å²) in [5, 5.41) is 23.8. The number of ether oxygens (including phenoxy) is 2. The number of nitrogens with one attached hydrogen (secondary N) is 1. The van der Waals surface area contributed by atoms with Gasteiger partial charge in [0.05, 0.1) is 24.4 Å². The number of carbonyl (C=O) groups excluding carboxylic acids is 1. The van der Waals surface area contributed by atoms with E-state index in [2.05, 4.69) is 26.1 Å². The predicted octanol–water partition coefficient (Wildman–Crippen LogP) is 3.10. The molecule has 0 saturated carbocycles. The summed E-state index contributed by atoms with van der Waals surface area (Å²) in [6.07, 6.45) is 6.63. The van der Waals surface area contributed by atoms with Gasteiger partial charge in [0.25, 0.3) is 0 Å². The van der Waals surface area contributed by atoms with Crippen molar-refractivity contribution in [3.63, 3.8) is 0 Å². The lowest BCUT2D eigenvalue weighted by Gasteiger charge is -2.42. The van der Waals surface area contributed by atoms with E-state index in [1.165, 1.54) is 0 Å². The zero-order valence-corrected chi connectivity index (χ0v) is 20.7. The Labute approximate surface area is 194 Å². The van der Waals surface area contributed by atoms with Gasteiger partial charge < -0.3 is 30.7 Å².